The molecule has 0 atom stereocenters. The maximum Gasteiger partial charge on any atom is 0.192 e. The maximum atomic E-state index is 4.72. The summed E-state index contributed by atoms with van der Waals surface area (Å²) in [7, 11) is 1.97. The van der Waals surface area contributed by atoms with Gasteiger partial charge in [0.15, 0.2) is 11.8 Å². The van der Waals surface area contributed by atoms with Crippen LogP contribution in [0.2, 0.25) is 0 Å². The summed E-state index contributed by atoms with van der Waals surface area (Å²) in [6.45, 7) is 8.22. The third-order valence-electron chi connectivity index (χ3n) is 4.97. The second-order valence-corrected chi connectivity index (χ2v) is 8.05. The summed E-state index contributed by atoms with van der Waals surface area (Å²) in [6, 6.07) is 14.7. The van der Waals surface area contributed by atoms with Crippen molar-refractivity contribution in [3.8, 4) is 0 Å². The molecule has 2 heterocycles. The van der Waals surface area contributed by atoms with Crippen LogP contribution in [0.15, 0.2) is 52.8 Å². The lowest BCUT2D eigenvalue weighted by Gasteiger charge is -2.23. The van der Waals surface area contributed by atoms with Crippen molar-refractivity contribution in [3.05, 3.63) is 64.4 Å². The Morgan fingerprint density at radius 2 is 1.94 bits per heavy atom. The molecule has 0 bridgehead atoms. The van der Waals surface area contributed by atoms with Crippen molar-refractivity contribution >= 4 is 47.0 Å². The Morgan fingerprint density at radius 1 is 1.13 bits per heavy atom. The van der Waals surface area contributed by atoms with Gasteiger partial charge in [-0.2, -0.15) is 0 Å². The SMILES string of the molecule is CCN(CCCNC(=NCc1nnc(C)n1C)NCc1cccs1)c1ccccc1.I. The number of benzene rings is 1. The van der Waals surface area contributed by atoms with E-state index in [0.29, 0.717) is 6.54 Å². The lowest BCUT2D eigenvalue weighted by molar-refractivity contribution is 0.702. The highest BCUT2D eigenvalue weighted by Crippen LogP contribution is 2.12. The topological polar surface area (TPSA) is 70.4 Å². The van der Waals surface area contributed by atoms with Gasteiger partial charge in [-0.3, -0.25) is 0 Å². The first-order valence-electron chi connectivity index (χ1n) is 10.4. The van der Waals surface area contributed by atoms with E-state index in [-0.39, 0.29) is 24.0 Å². The van der Waals surface area contributed by atoms with Crippen LogP contribution >= 0.6 is 35.3 Å². The van der Waals surface area contributed by atoms with Gasteiger partial charge in [-0.1, -0.05) is 24.3 Å². The minimum absolute atomic E-state index is 0. The molecular weight excluding hydrogens is 521 g/mol. The molecule has 1 aromatic carbocycles. The first kappa shape index (κ1) is 25.1. The maximum absolute atomic E-state index is 4.72. The highest BCUT2D eigenvalue weighted by Gasteiger charge is 2.07. The van der Waals surface area contributed by atoms with Gasteiger partial charge < -0.3 is 20.1 Å². The fourth-order valence-electron chi connectivity index (χ4n) is 3.08. The van der Waals surface area contributed by atoms with Crippen LogP contribution in [-0.4, -0.2) is 40.4 Å². The molecule has 0 radical (unpaired) electrons. The largest absolute Gasteiger partial charge is 0.372 e. The molecule has 0 aliphatic rings. The Bertz CT molecular complexity index is 909. The predicted molar refractivity (Wildman–Crippen MR) is 140 cm³/mol. The molecular formula is C22H32IN7S. The first-order chi connectivity index (χ1) is 14.7. The fraction of sp³-hybridized carbons (Fsp3) is 0.409. The molecule has 3 rings (SSSR count). The Hall–Kier alpha value is -2.14. The molecule has 0 amide bonds. The van der Waals surface area contributed by atoms with Crippen LogP contribution in [0.4, 0.5) is 5.69 Å². The Kier molecular flexibility index (Phi) is 10.8. The number of hydrogen-bond donors (Lipinski definition) is 2. The molecule has 0 saturated carbocycles. The van der Waals surface area contributed by atoms with Crippen molar-refractivity contribution in [2.75, 3.05) is 24.5 Å². The molecule has 168 valence electrons. The molecule has 9 heteroatoms. The monoisotopic (exact) mass is 553 g/mol. The summed E-state index contributed by atoms with van der Waals surface area (Å²) in [5, 5.41) is 17.3. The van der Waals surface area contributed by atoms with Crippen LogP contribution in [0.3, 0.4) is 0 Å². The van der Waals surface area contributed by atoms with Crippen LogP contribution in [0.25, 0.3) is 0 Å². The minimum Gasteiger partial charge on any atom is -0.372 e. The van der Waals surface area contributed by atoms with Gasteiger partial charge in [0.05, 0.1) is 6.54 Å². The number of hydrogen-bond acceptors (Lipinski definition) is 5. The zero-order chi connectivity index (χ0) is 21.2. The molecule has 0 fully saturated rings. The van der Waals surface area contributed by atoms with Crippen molar-refractivity contribution in [2.45, 2.75) is 33.4 Å². The van der Waals surface area contributed by atoms with E-state index < -0.39 is 0 Å². The lowest BCUT2D eigenvalue weighted by atomic mass is 10.2. The lowest BCUT2D eigenvalue weighted by Crippen LogP contribution is -2.38. The summed E-state index contributed by atoms with van der Waals surface area (Å²) >= 11 is 1.74. The van der Waals surface area contributed by atoms with E-state index in [1.807, 2.05) is 18.5 Å². The number of thiophene rings is 1. The third-order valence-corrected chi connectivity index (χ3v) is 5.85. The average Bonchev–Trinajstić information content (AvgIpc) is 3.41. The summed E-state index contributed by atoms with van der Waals surface area (Å²) in [5.74, 6) is 2.54. The number of aryl methyl sites for hydroxylation is 1. The molecule has 31 heavy (non-hydrogen) atoms. The molecule has 0 saturated heterocycles. The van der Waals surface area contributed by atoms with E-state index in [0.717, 1.165) is 50.2 Å². The van der Waals surface area contributed by atoms with Crippen molar-refractivity contribution < 1.29 is 0 Å². The highest BCUT2D eigenvalue weighted by atomic mass is 127. The summed E-state index contributed by atoms with van der Waals surface area (Å²) in [4.78, 5) is 8.39. The van der Waals surface area contributed by atoms with Crippen molar-refractivity contribution in [2.24, 2.45) is 12.0 Å². The number of anilines is 1. The van der Waals surface area contributed by atoms with Crippen molar-refractivity contribution in [3.63, 3.8) is 0 Å². The van der Waals surface area contributed by atoms with Crippen LogP contribution in [0, 0.1) is 6.92 Å². The second kappa shape index (κ2) is 13.3. The average molecular weight is 554 g/mol. The Balaban J connectivity index is 0.00000341. The van der Waals surface area contributed by atoms with Gasteiger partial charge in [-0.25, -0.2) is 4.99 Å². The Morgan fingerprint density at radius 3 is 2.58 bits per heavy atom. The molecule has 0 spiro atoms. The number of nitrogens with one attached hydrogen (secondary N) is 2. The molecule has 2 N–H and O–H groups in total. The standard InChI is InChI=1S/C22H31N7S.HI/c1-4-29(19-10-6-5-7-11-19)14-9-13-23-22(24-16-20-12-8-15-30-20)25-17-21-27-26-18(2)28(21)3;/h5-8,10-12,15H,4,9,13-14,16-17H2,1-3H3,(H2,23,24,25);1H. The molecule has 2 aromatic heterocycles. The van der Waals surface area contributed by atoms with Crippen LogP contribution in [0.1, 0.15) is 29.9 Å². The summed E-state index contributed by atoms with van der Waals surface area (Å²) < 4.78 is 1.97. The summed E-state index contributed by atoms with van der Waals surface area (Å²) in [6.07, 6.45) is 1.02. The second-order valence-electron chi connectivity index (χ2n) is 7.02. The Labute approximate surface area is 206 Å². The van der Waals surface area contributed by atoms with Crippen molar-refractivity contribution in [1.29, 1.82) is 0 Å². The van der Waals surface area contributed by atoms with Gasteiger partial charge in [0.2, 0.25) is 0 Å². The van der Waals surface area contributed by atoms with Gasteiger partial charge in [0.1, 0.15) is 12.4 Å². The molecule has 7 nitrogen and oxygen atoms in total. The number of nitrogens with zero attached hydrogens (tertiary/aromatic N) is 5. The van der Waals surface area contributed by atoms with E-state index in [9.17, 15) is 0 Å². The molecule has 0 unspecified atom stereocenters. The zero-order valence-electron chi connectivity index (χ0n) is 18.4. The number of aromatic nitrogens is 3. The van der Waals surface area contributed by atoms with Gasteiger partial charge >= 0.3 is 0 Å². The first-order valence-corrected chi connectivity index (χ1v) is 11.2. The minimum atomic E-state index is 0. The van der Waals surface area contributed by atoms with E-state index in [1.54, 1.807) is 11.3 Å². The van der Waals surface area contributed by atoms with Gasteiger partial charge in [0, 0.05) is 37.2 Å². The van der Waals surface area contributed by atoms with E-state index in [1.165, 1.54) is 10.6 Å². The van der Waals surface area contributed by atoms with E-state index in [4.69, 9.17) is 4.99 Å². The number of aliphatic imine (C=N–C) groups is 1. The fourth-order valence-corrected chi connectivity index (χ4v) is 3.73. The summed E-state index contributed by atoms with van der Waals surface area (Å²) in [5.41, 5.74) is 1.27. The third kappa shape index (κ3) is 7.80. The van der Waals surface area contributed by atoms with Gasteiger partial charge in [0.25, 0.3) is 0 Å². The highest BCUT2D eigenvalue weighted by molar-refractivity contribution is 14.0. The van der Waals surface area contributed by atoms with Crippen LogP contribution in [-0.2, 0) is 20.1 Å². The molecule has 0 aliphatic heterocycles. The van der Waals surface area contributed by atoms with E-state index in [2.05, 4.69) is 80.5 Å². The smallest absolute Gasteiger partial charge is 0.192 e. The molecule has 0 aliphatic carbocycles. The number of halogens is 1. The molecule has 3 aromatic rings. The predicted octanol–water partition coefficient (Wildman–Crippen LogP) is 3.96. The van der Waals surface area contributed by atoms with Gasteiger partial charge in [-0.15, -0.1) is 45.5 Å². The van der Waals surface area contributed by atoms with Crippen molar-refractivity contribution in [1.82, 2.24) is 25.4 Å². The number of guanidine groups is 1. The normalized spacial score (nSPS) is 11.1. The van der Waals surface area contributed by atoms with Gasteiger partial charge in [-0.05, 0) is 43.8 Å². The van der Waals surface area contributed by atoms with Crippen LogP contribution < -0.4 is 15.5 Å². The van der Waals surface area contributed by atoms with E-state index >= 15 is 0 Å². The van der Waals surface area contributed by atoms with Crippen LogP contribution in [0.5, 0.6) is 0 Å². The number of para-hydroxylation sites is 1. The quantitative estimate of drug-likeness (QED) is 0.172. The number of rotatable bonds is 10. The zero-order valence-corrected chi connectivity index (χ0v) is 21.6.